The van der Waals surface area contributed by atoms with Crippen LogP contribution in [0.15, 0.2) is 24.3 Å². The molecule has 15 heavy (non-hydrogen) atoms. The number of nitrogens with one attached hydrogen (secondary N) is 1. The fraction of sp³-hybridized carbons (Fsp3) is 0.538. The first-order valence-electron chi connectivity index (χ1n) is 5.66. The van der Waals surface area contributed by atoms with Crippen molar-refractivity contribution in [3.8, 4) is 0 Å². The molecule has 0 bridgehead atoms. The van der Waals surface area contributed by atoms with Crippen molar-refractivity contribution < 1.29 is 0 Å². The van der Waals surface area contributed by atoms with Gasteiger partial charge in [0, 0.05) is 18.0 Å². The van der Waals surface area contributed by atoms with Crippen molar-refractivity contribution in [2.24, 2.45) is 0 Å². The molecule has 0 aromatic heterocycles. The molecular formula is C13H21NS. The van der Waals surface area contributed by atoms with E-state index in [0.717, 1.165) is 6.54 Å². The van der Waals surface area contributed by atoms with E-state index < -0.39 is 0 Å². The maximum absolute atomic E-state index is 3.51. The molecule has 2 heteroatoms. The molecule has 1 aromatic carbocycles. The second kappa shape index (κ2) is 6.78. The lowest BCUT2D eigenvalue weighted by molar-refractivity contribution is 0.866. The third kappa shape index (κ3) is 4.17. The van der Waals surface area contributed by atoms with Crippen LogP contribution in [0.4, 0.5) is 5.69 Å². The lowest BCUT2D eigenvalue weighted by Gasteiger charge is -2.14. The van der Waals surface area contributed by atoms with E-state index in [-0.39, 0.29) is 0 Å². The highest BCUT2D eigenvalue weighted by Gasteiger charge is 2.04. The van der Waals surface area contributed by atoms with Crippen LogP contribution in [-0.2, 0) is 0 Å². The minimum Gasteiger partial charge on any atom is -0.384 e. The highest BCUT2D eigenvalue weighted by atomic mass is 32.2. The molecule has 0 aliphatic heterocycles. The average Bonchev–Trinajstić information content (AvgIpc) is 2.25. The Balaban J connectivity index is 2.52. The lowest BCUT2D eigenvalue weighted by atomic mass is 10.0. The Morgan fingerprint density at radius 2 is 2.00 bits per heavy atom. The number of benzene rings is 1. The zero-order valence-corrected chi connectivity index (χ0v) is 10.7. The van der Waals surface area contributed by atoms with E-state index in [2.05, 4.69) is 50.4 Å². The molecule has 0 amide bonds. The maximum atomic E-state index is 3.51. The van der Waals surface area contributed by atoms with Gasteiger partial charge in [-0.25, -0.2) is 0 Å². The molecule has 0 spiro atoms. The van der Waals surface area contributed by atoms with Gasteiger partial charge < -0.3 is 5.32 Å². The van der Waals surface area contributed by atoms with Gasteiger partial charge in [-0.1, -0.05) is 39.0 Å². The second-order valence-electron chi connectivity index (χ2n) is 3.87. The van der Waals surface area contributed by atoms with E-state index in [1.807, 2.05) is 11.8 Å². The zero-order chi connectivity index (χ0) is 11.1. The van der Waals surface area contributed by atoms with Crippen molar-refractivity contribution >= 4 is 17.4 Å². The molecule has 1 rings (SSSR count). The van der Waals surface area contributed by atoms with Crippen molar-refractivity contribution in [2.45, 2.75) is 26.7 Å². The molecule has 0 saturated heterocycles. The fourth-order valence-corrected chi connectivity index (χ4v) is 2.10. The highest BCUT2D eigenvalue weighted by Crippen LogP contribution is 2.23. The first-order chi connectivity index (χ1) is 7.25. The van der Waals surface area contributed by atoms with Gasteiger partial charge in [0.1, 0.15) is 0 Å². The molecule has 0 fully saturated rings. The van der Waals surface area contributed by atoms with Crippen LogP contribution in [0.1, 0.15) is 32.3 Å². The second-order valence-corrected chi connectivity index (χ2v) is 5.26. The van der Waals surface area contributed by atoms with E-state index in [1.54, 1.807) is 0 Å². The summed E-state index contributed by atoms with van der Waals surface area (Å²) < 4.78 is 0. The molecule has 0 saturated carbocycles. The first kappa shape index (κ1) is 12.4. The number of para-hydroxylation sites is 1. The SMILES string of the molecule is CCSCCNc1ccccc1C(C)C. The lowest BCUT2D eigenvalue weighted by Crippen LogP contribution is -2.07. The molecule has 1 nitrogen and oxygen atoms in total. The van der Waals surface area contributed by atoms with Crippen LogP contribution in [-0.4, -0.2) is 18.1 Å². The van der Waals surface area contributed by atoms with Gasteiger partial charge >= 0.3 is 0 Å². The van der Waals surface area contributed by atoms with Crippen LogP contribution >= 0.6 is 11.8 Å². The van der Waals surface area contributed by atoms with Crippen molar-refractivity contribution in [2.75, 3.05) is 23.4 Å². The predicted octanol–water partition coefficient (Wildman–Crippen LogP) is 3.98. The molecule has 0 aliphatic carbocycles. The Kier molecular flexibility index (Phi) is 5.62. The van der Waals surface area contributed by atoms with Gasteiger partial charge in [0.15, 0.2) is 0 Å². The van der Waals surface area contributed by atoms with Gasteiger partial charge in [-0.2, -0.15) is 11.8 Å². The van der Waals surface area contributed by atoms with Crippen molar-refractivity contribution in [3.05, 3.63) is 29.8 Å². The Hall–Kier alpha value is -0.630. The summed E-state index contributed by atoms with van der Waals surface area (Å²) in [5.41, 5.74) is 2.71. The normalized spacial score (nSPS) is 10.7. The number of anilines is 1. The summed E-state index contributed by atoms with van der Waals surface area (Å²) in [6.07, 6.45) is 0. The maximum Gasteiger partial charge on any atom is 0.0375 e. The van der Waals surface area contributed by atoms with Gasteiger partial charge in [0.25, 0.3) is 0 Å². The molecule has 0 atom stereocenters. The molecule has 0 radical (unpaired) electrons. The van der Waals surface area contributed by atoms with E-state index in [0.29, 0.717) is 5.92 Å². The predicted molar refractivity (Wildman–Crippen MR) is 72.0 cm³/mol. The Morgan fingerprint density at radius 1 is 1.27 bits per heavy atom. The van der Waals surface area contributed by atoms with Gasteiger partial charge in [-0.15, -0.1) is 0 Å². The van der Waals surface area contributed by atoms with Gasteiger partial charge in [0.05, 0.1) is 0 Å². The van der Waals surface area contributed by atoms with Crippen LogP contribution in [0.25, 0.3) is 0 Å². The Bertz CT molecular complexity index is 284. The van der Waals surface area contributed by atoms with E-state index in [1.165, 1.54) is 22.8 Å². The largest absolute Gasteiger partial charge is 0.384 e. The van der Waals surface area contributed by atoms with Gasteiger partial charge in [0.2, 0.25) is 0 Å². The van der Waals surface area contributed by atoms with Crippen molar-refractivity contribution in [1.29, 1.82) is 0 Å². The van der Waals surface area contributed by atoms with Crippen LogP contribution in [0.3, 0.4) is 0 Å². The Morgan fingerprint density at radius 3 is 2.67 bits per heavy atom. The quantitative estimate of drug-likeness (QED) is 0.732. The monoisotopic (exact) mass is 223 g/mol. The molecule has 1 aromatic rings. The van der Waals surface area contributed by atoms with Crippen LogP contribution in [0.2, 0.25) is 0 Å². The molecule has 0 unspecified atom stereocenters. The van der Waals surface area contributed by atoms with E-state index in [4.69, 9.17) is 0 Å². The molecule has 0 aliphatic rings. The Labute approximate surface area is 97.7 Å². The average molecular weight is 223 g/mol. The minimum absolute atomic E-state index is 0.590. The van der Waals surface area contributed by atoms with Crippen molar-refractivity contribution in [3.63, 3.8) is 0 Å². The summed E-state index contributed by atoms with van der Waals surface area (Å²) >= 11 is 1.98. The van der Waals surface area contributed by atoms with Crippen LogP contribution < -0.4 is 5.32 Å². The molecule has 1 N–H and O–H groups in total. The molecule has 84 valence electrons. The van der Waals surface area contributed by atoms with E-state index >= 15 is 0 Å². The number of hydrogen-bond donors (Lipinski definition) is 1. The zero-order valence-electron chi connectivity index (χ0n) is 9.92. The van der Waals surface area contributed by atoms with Crippen molar-refractivity contribution in [1.82, 2.24) is 0 Å². The van der Waals surface area contributed by atoms with E-state index in [9.17, 15) is 0 Å². The number of rotatable bonds is 6. The smallest absolute Gasteiger partial charge is 0.0375 e. The van der Waals surface area contributed by atoms with Crippen LogP contribution in [0.5, 0.6) is 0 Å². The molecule has 0 heterocycles. The third-order valence-corrected chi connectivity index (χ3v) is 3.25. The highest BCUT2D eigenvalue weighted by molar-refractivity contribution is 7.99. The van der Waals surface area contributed by atoms with Gasteiger partial charge in [-0.3, -0.25) is 0 Å². The van der Waals surface area contributed by atoms with Gasteiger partial charge in [-0.05, 0) is 23.3 Å². The first-order valence-corrected chi connectivity index (χ1v) is 6.81. The van der Waals surface area contributed by atoms with Crippen LogP contribution in [0, 0.1) is 0 Å². The molecular weight excluding hydrogens is 202 g/mol. The fourth-order valence-electron chi connectivity index (χ4n) is 1.56. The standard InChI is InChI=1S/C13H21NS/c1-4-15-10-9-14-13-8-6-5-7-12(13)11(2)3/h5-8,11,14H,4,9-10H2,1-3H3. The topological polar surface area (TPSA) is 12.0 Å². The number of thioether (sulfide) groups is 1. The summed E-state index contributed by atoms with van der Waals surface area (Å²) in [4.78, 5) is 0. The summed E-state index contributed by atoms with van der Waals surface area (Å²) in [5, 5.41) is 3.51. The summed E-state index contributed by atoms with van der Waals surface area (Å²) in [5.74, 6) is 2.98. The minimum atomic E-state index is 0.590. The summed E-state index contributed by atoms with van der Waals surface area (Å²) in [6, 6.07) is 8.59. The third-order valence-electron chi connectivity index (χ3n) is 2.35. The summed E-state index contributed by atoms with van der Waals surface area (Å²) in [7, 11) is 0. The number of hydrogen-bond acceptors (Lipinski definition) is 2. The summed E-state index contributed by atoms with van der Waals surface area (Å²) in [6.45, 7) is 7.73.